The molecule has 0 saturated heterocycles. The molecular formula is C14H22N2O3. The van der Waals surface area contributed by atoms with Crippen LogP contribution in [0, 0.1) is 13.8 Å². The average molecular weight is 266 g/mol. The van der Waals surface area contributed by atoms with Crippen molar-refractivity contribution in [3.05, 3.63) is 22.5 Å². The van der Waals surface area contributed by atoms with Crippen LogP contribution in [-0.2, 0) is 4.74 Å². The third kappa shape index (κ3) is 3.67. The summed E-state index contributed by atoms with van der Waals surface area (Å²) in [6.07, 6.45) is 0.427. The predicted octanol–water partition coefficient (Wildman–Crippen LogP) is 1.94. The van der Waals surface area contributed by atoms with Crippen LogP contribution in [0.3, 0.4) is 0 Å². The van der Waals surface area contributed by atoms with E-state index >= 15 is 0 Å². The van der Waals surface area contributed by atoms with Crippen molar-refractivity contribution >= 4 is 11.8 Å². The molecule has 0 unspecified atom stereocenters. The number of Topliss-reactive ketones (excluding diaryl/α,β-unsaturated/α-hetero) is 1. The van der Waals surface area contributed by atoms with E-state index in [1.165, 1.54) is 0 Å². The number of hydrogen-bond donors (Lipinski definition) is 1. The van der Waals surface area contributed by atoms with Crippen LogP contribution in [0.2, 0.25) is 0 Å². The maximum absolute atomic E-state index is 12.1. The number of esters is 1. The van der Waals surface area contributed by atoms with Gasteiger partial charge in [-0.3, -0.25) is 4.79 Å². The third-order valence-electron chi connectivity index (χ3n) is 2.98. The highest BCUT2D eigenvalue weighted by atomic mass is 16.5. The summed E-state index contributed by atoms with van der Waals surface area (Å²) in [6, 6.07) is 0. The van der Waals surface area contributed by atoms with Crippen molar-refractivity contribution < 1.29 is 14.3 Å². The van der Waals surface area contributed by atoms with Crippen LogP contribution < -0.4 is 0 Å². The molecule has 1 N–H and O–H groups in total. The molecule has 5 nitrogen and oxygen atoms in total. The third-order valence-corrected chi connectivity index (χ3v) is 2.98. The van der Waals surface area contributed by atoms with E-state index in [-0.39, 0.29) is 11.8 Å². The zero-order chi connectivity index (χ0) is 14.6. The summed E-state index contributed by atoms with van der Waals surface area (Å²) in [5, 5.41) is 0. The highest BCUT2D eigenvalue weighted by Crippen LogP contribution is 2.20. The van der Waals surface area contributed by atoms with Crippen LogP contribution in [0.15, 0.2) is 0 Å². The van der Waals surface area contributed by atoms with Gasteiger partial charge in [0, 0.05) is 18.7 Å². The van der Waals surface area contributed by atoms with Gasteiger partial charge >= 0.3 is 5.97 Å². The van der Waals surface area contributed by atoms with Gasteiger partial charge in [0.1, 0.15) is 0 Å². The predicted molar refractivity (Wildman–Crippen MR) is 73.7 cm³/mol. The van der Waals surface area contributed by atoms with Crippen molar-refractivity contribution in [2.24, 2.45) is 0 Å². The Kier molecular flexibility index (Phi) is 5.30. The fraction of sp³-hybridized carbons (Fsp3) is 0.571. The highest BCUT2D eigenvalue weighted by Gasteiger charge is 2.22. The monoisotopic (exact) mass is 266 g/mol. The van der Waals surface area contributed by atoms with Gasteiger partial charge in [-0.1, -0.05) is 0 Å². The number of ether oxygens (including phenoxy) is 1. The lowest BCUT2D eigenvalue weighted by atomic mass is 10.1. The normalized spacial score (nSPS) is 10.8. The second kappa shape index (κ2) is 6.52. The Labute approximate surface area is 113 Å². The van der Waals surface area contributed by atoms with Gasteiger partial charge in [-0.05, 0) is 40.4 Å². The number of aromatic nitrogens is 1. The second-order valence-corrected chi connectivity index (χ2v) is 4.82. The maximum Gasteiger partial charge on any atom is 0.340 e. The summed E-state index contributed by atoms with van der Waals surface area (Å²) in [4.78, 5) is 28.9. The summed E-state index contributed by atoms with van der Waals surface area (Å²) in [6.45, 7) is 6.33. The summed E-state index contributed by atoms with van der Waals surface area (Å²) in [5.74, 6) is -0.356. The summed E-state index contributed by atoms with van der Waals surface area (Å²) >= 11 is 0. The summed E-state index contributed by atoms with van der Waals surface area (Å²) in [5.41, 5.74) is 2.36. The molecule has 1 rings (SSSR count). The topological polar surface area (TPSA) is 62.4 Å². The second-order valence-electron chi connectivity index (χ2n) is 4.82. The Morgan fingerprint density at radius 3 is 2.42 bits per heavy atom. The van der Waals surface area contributed by atoms with Gasteiger partial charge in [-0.15, -0.1) is 0 Å². The zero-order valence-electron chi connectivity index (χ0n) is 12.3. The van der Waals surface area contributed by atoms with Gasteiger partial charge in [-0.2, -0.15) is 0 Å². The Morgan fingerprint density at radius 2 is 1.89 bits per heavy atom. The molecule has 0 aromatic carbocycles. The van der Waals surface area contributed by atoms with E-state index in [1.807, 2.05) is 19.0 Å². The average Bonchev–Trinajstić information content (AvgIpc) is 2.62. The molecule has 19 heavy (non-hydrogen) atoms. The summed E-state index contributed by atoms with van der Waals surface area (Å²) in [7, 11) is 3.84. The van der Waals surface area contributed by atoms with Crippen molar-refractivity contribution in [3.63, 3.8) is 0 Å². The molecule has 106 valence electrons. The van der Waals surface area contributed by atoms with Gasteiger partial charge < -0.3 is 14.6 Å². The fourth-order valence-corrected chi connectivity index (χ4v) is 1.99. The smallest absolute Gasteiger partial charge is 0.340 e. The Bertz CT molecular complexity index is 475. The standard InChI is InChI=1S/C14H22N2O3/c1-6-19-14(18)12-9(2)13(15-10(12)3)11(17)7-8-16(4)5/h15H,6-8H2,1-5H3. The fourth-order valence-electron chi connectivity index (χ4n) is 1.99. The SMILES string of the molecule is CCOC(=O)c1c(C)[nH]c(C(=O)CCN(C)C)c1C. The molecule has 1 aromatic heterocycles. The minimum Gasteiger partial charge on any atom is -0.462 e. The van der Waals surface area contributed by atoms with Crippen LogP contribution in [0.4, 0.5) is 0 Å². The van der Waals surface area contributed by atoms with Gasteiger partial charge in [0.25, 0.3) is 0 Å². The maximum atomic E-state index is 12.1. The lowest BCUT2D eigenvalue weighted by Gasteiger charge is -2.08. The number of carbonyl (C=O) groups excluding carboxylic acids is 2. The van der Waals surface area contributed by atoms with E-state index in [0.717, 1.165) is 0 Å². The molecule has 0 radical (unpaired) electrons. The van der Waals surface area contributed by atoms with E-state index in [0.29, 0.717) is 42.1 Å². The molecule has 0 aliphatic rings. The minimum atomic E-state index is -0.375. The number of nitrogens with zero attached hydrogens (tertiary/aromatic N) is 1. The van der Waals surface area contributed by atoms with Crippen LogP contribution in [0.25, 0.3) is 0 Å². The lowest BCUT2D eigenvalue weighted by Crippen LogP contribution is -2.17. The van der Waals surface area contributed by atoms with Gasteiger partial charge in [0.2, 0.25) is 0 Å². The van der Waals surface area contributed by atoms with Crippen molar-refractivity contribution in [3.8, 4) is 0 Å². The molecular weight excluding hydrogens is 244 g/mol. The first-order valence-electron chi connectivity index (χ1n) is 6.42. The molecule has 0 fully saturated rings. The van der Waals surface area contributed by atoms with E-state index < -0.39 is 0 Å². The number of H-pyrrole nitrogens is 1. The van der Waals surface area contributed by atoms with Crippen LogP contribution in [0.5, 0.6) is 0 Å². The largest absolute Gasteiger partial charge is 0.462 e. The van der Waals surface area contributed by atoms with Crippen LogP contribution >= 0.6 is 0 Å². The van der Waals surface area contributed by atoms with Crippen molar-refractivity contribution in [2.45, 2.75) is 27.2 Å². The van der Waals surface area contributed by atoms with E-state index in [4.69, 9.17) is 4.74 Å². The van der Waals surface area contributed by atoms with Gasteiger partial charge in [-0.25, -0.2) is 4.79 Å². The first-order valence-corrected chi connectivity index (χ1v) is 6.42. The van der Waals surface area contributed by atoms with Crippen LogP contribution in [0.1, 0.15) is 45.4 Å². The molecule has 0 amide bonds. The number of aromatic amines is 1. The number of carbonyl (C=O) groups is 2. The van der Waals surface area contributed by atoms with Crippen molar-refractivity contribution in [1.29, 1.82) is 0 Å². The lowest BCUT2D eigenvalue weighted by molar-refractivity contribution is 0.0525. The minimum absolute atomic E-state index is 0.0184. The Morgan fingerprint density at radius 1 is 1.26 bits per heavy atom. The molecule has 0 aliphatic carbocycles. The van der Waals surface area contributed by atoms with E-state index in [9.17, 15) is 9.59 Å². The Balaban J connectivity index is 2.96. The molecule has 1 aromatic rings. The number of hydrogen-bond acceptors (Lipinski definition) is 4. The van der Waals surface area contributed by atoms with Crippen molar-refractivity contribution in [2.75, 3.05) is 27.2 Å². The number of rotatable bonds is 6. The molecule has 0 spiro atoms. The van der Waals surface area contributed by atoms with Crippen molar-refractivity contribution in [1.82, 2.24) is 9.88 Å². The first kappa shape index (κ1) is 15.4. The Hall–Kier alpha value is -1.62. The van der Waals surface area contributed by atoms with E-state index in [2.05, 4.69) is 4.98 Å². The van der Waals surface area contributed by atoms with Gasteiger partial charge in [0.15, 0.2) is 5.78 Å². The quantitative estimate of drug-likeness (QED) is 0.631. The highest BCUT2D eigenvalue weighted by molar-refractivity contribution is 6.01. The van der Waals surface area contributed by atoms with Gasteiger partial charge in [0.05, 0.1) is 17.9 Å². The van der Waals surface area contributed by atoms with E-state index in [1.54, 1.807) is 20.8 Å². The number of ketones is 1. The number of aryl methyl sites for hydroxylation is 1. The van der Waals surface area contributed by atoms with Crippen LogP contribution in [-0.4, -0.2) is 48.9 Å². The zero-order valence-corrected chi connectivity index (χ0v) is 12.3. The molecule has 5 heteroatoms. The molecule has 0 bridgehead atoms. The first-order chi connectivity index (χ1) is 8.88. The molecule has 0 aliphatic heterocycles. The number of nitrogens with one attached hydrogen (secondary N) is 1. The molecule has 0 saturated carbocycles. The molecule has 1 heterocycles. The molecule has 0 atom stereocenters. The summed E-state index contributed by atoms with van der Waals surface area (Å²) < 4.78 is 5.00.